The Kier molecular flexibility index (Phi) is 3.96. The topological polar surface area (TPSA) is 20.3 Å². The van der Waals surface area contributed by atoms with Gasteiger partial charge in [0.1, 0.15) is 0 Å². The number of carbonyl (C=O) groups is 1. The Balaban J connectivity index is 2.83. The molecule has 16 heavy (non-hydrogen) atoms. The third-order valence-corrected chi connectivity index (χ3v) is 2.99. The highest BCUT2D eigenvalue weighted by Gasteiger charge is 2.43. The highest BCUT2D eigenvalue weighted by atomic mass is 79.9. The van der Waals surface area contributed by atoms with Crippen molar-refractivity contribution in [1.82, 2.24) is 3.93 Å². The van der Waals surface area contributed by atoms with E-state index in [9.17, 15) is 18.0 Å². The fourth-order valence-corrected chi connectivity index (χ4v) is 1.60. The molecule has 0 aromatic heterocycles. The fourth-order valence-electron chi connectivity index (χ4n) is 1.16. The van der Waals surface area contributed by atoms with Gasteiger partial charge in [-0.05, 0) is 12.5 Å². The summed E-state index contributed by atoms with van der Waals surface area (Å²) in [5, 5.41) is 0. The van der Waals surface area contributed by atoms with Crippen molar-refractivity contribution in [1.29, 1.82) is 0 Å². The SMILES string of the molecule is C[C@H](c1ccccc1)N(Br)C(=O)C(F)(F)F. The van der Waals surface area contributed by atoms with Gasteiger partial charge >= 0.3 is 12.1 Å². The van der Waals surface area contributed by atoms with Gasteiger partial charge in [0.25, 0.3) is 0 Å². The molecule has 0 fully saturated rings. The minimum absolute atomic E-state index is 0.502. The van der Waals surface area contributed by atoms with Gasteiger partial charge in [-0.3, -0.25) is 8.72 Å². The molecule has 6 heteroatoms. The van der Waals surface area contributed by atoms with Gasteiger partial charge in [-0.2, -0.15) is 13.2 Å². The van der Waals surface area contributed by atoms with Gasteiger partial charge in [-0.1, -0.05) is 30.3 Å². The summed E-state index contributed by atoms with van der Waals surface area (Å²) in [6.45, 7) is 1.51. The summed E-state index contributed by atoms with van der Waals surface area (Å²) in [5.74, 6) is -1.91. The molecule has 88 valence electrons. The number of hydrogen-bond donors (Lipinski definition) is 0. The summed E-state index contributed by atoms with van der Waals surface area (Å²) in [7, 11) is 0. The molecular weight excluding hydrogens is 287 g/mol. The van der Waals surface area contributed by atoms with E-state index in [0.717, 1.165) is 0 Å². The van der Waals surface area contributed by atoms with Crippen molar-refractivity contribution in [3.8, 4) is 0 Å². The molecule has 1 aromatic carbocycles. The average molecular weight is 296 g/mol. The van der Waals surface area contributed by atoms with Crippen LogP contribution in [0, 0.1) is 0 Å². The molecule has 0 radical (unpaired) electrons. The van der Waals surface area contributed by atoms with Gasteiger partial charge in [0.15, 0.2) is 0 Å². The number of benzene rings is 1. The minimum Gasteiger partial charge on any atom is -0.264 e. The summed E-state index contributed by atoms with van der Waals surface area (Å²) in [6.07, 6.45) is -4.87. The monoisotopic (exact) mass is 295 g/mol. The lowest BCUT2D eigenvalue weighted by atomic mass is 10.1. The lowest BCUT2D eigenvalue weighted by Crippen LogP contribution is -2.36. The van der Waals surface area contributed by atoms with Crippen LogP contribution < -0.4 is 0 Å². The predicted octanol–water partition coefficient (Wildman–Crippen LogP) is 3.45. The van der Waals surface area contributed by atoms with Crippen molar-refractivity contribution in [3.63, 3.8) is 0 Å². The van der Waals surface area contributed by atoms with Crippen LogP contribution in [0.3, 0.4) is 0 Å². The zero-order valence-corrected chi connectivity index (χ0v) is 9.92. The standard InChI is InChI=1S/C10H9BrF3NO/c1-7(8-5-3-2-4-6-8)15(11)9(16)10(12,13)14/h2-7H,1H3/t7-/m1/s1. The third kappa shape index (κ3) is 2.98. The Hall–Kier alpha value is -1.04. The maximum absolute atomic E-state index is 12.2. The second-order valence-corrected chi connectivity index (χ2v) is 3.96. The third-order valence-electron chi connectivity index (χ3n) is 2.06. The maximum atomic E-state index is 12.2. The lowest BCUT2D eigenvalue weighted by Gasteiger charge is -2.23. The van der Waals surface area contributed by atoms with Crippen LogP contribution in [0.4, 0.5) is 13.2 Å². The zero-order valence-electron chi connectivity index (χ0n) is 8.33. The van der Waals surface area contributed by atoms with Crippen molar-refractivity contribution < 1.29 is 18.0 Å². The number of hydrogen-bond acceptors (Lipinski definition) is 1. The summed E-state index contributed by atoms with van der Waals surface area (Å²) < 4.78 is 37.0. The molecule has 0 aliphatic heterocycles. The molecule has 1 atom stereocenters. The van der Waals surface area contributed by atoms with Crippen LogP contribution in [-0.2, 0) is 4.79 Å². The van der Waals surface area contributed by atoms with Crippen molar-refractivity contribution >= 4 is 22.1 Å². The van der Waals surface area contributed by atoms with Crippen LogP contribution in [0.1, 0.15) is 18.5 Å². The zero-order chi connectivity index (χ0) is 12.3. The van der Waals surface area contributed by atoms with Crippen molar-refractivity contribution in [3.05, 3.63) is 35.9 Å². The van der Waals surface area contributed by atoms with Crippen molar-refractivity contribution in [2.24, 2.45) is 0 Å². The highest BCUT2D eigenvalue weighted by molar-refractivity contribution is 9.07. The molecule has 1 aromatic rings. The van der Waals surface area contributed by atoms with Crippen molar-refractivity contribution in [2.75, 3.05) is 0 Å². The van der Waals surface area contributed by atoms with E-state index < -0.39 is 18.1 Å². The number of nitrogens with zero attached hydrogens (tertiary/aromatic N) is 1. The predicted molar refractivity (Wildman–Crippen MR) is 56.7 cm³/mol. The van der Waals surface area contributed by atoms with Gasteiger partial charge in [0, 0.05) is 0 Å². The van der Waals surface area contributed by atoms with Gasteiger partial charge in [0.05, 0.1) is 22.2 Å². The highest BCUT2D eigenvalue weighted by Crippen LogP contribution is 2.29. The van der Waals surface area contributed by atoms with Crippen LogP contribution in [0.2, 0.25) is 0 Å². The summed E-state index contributed by atoms with van der Waals surface area (Å²) in [4.78, 5) is 10.9. The molecule has 1 amide bonds. The minimum atomic E-state index is -4.87. The van der Waals surface area contributed by atoms with E-state index in [4.69, 9.17) is 0 Å². The smallest absolute Gasteiger partial charge is 0.264 e. The molecule has 0 aliphatic carbocycles. The van der Waals surface area contributed by atoms with E-state index in [1.54, 1.807) is 30.3 Å². The van der Waals surface area contributed by atoms with E-state index in [0.29, 0.717) is 9.49 Å². The molecule has 0 heterocycles. The number of alkyl halides is 3. The van der Waals surface area contributed by atoms with E-state index >= 15 is 0 Å². The first-order chi connectivity index (χ1) is 7.34. The Bertz CT molecular complexity index is 366. The second kappa shape index (κ2) is 4.86. The quantitative estimate of drug-likeness (QED) is 0.765. The Morgan fingerprint density at radius 2 is 1.81 bits per heavy atom. The molecule has 1 rings (SSSR count). The van der Waals surface area contributed by atoms with Crippen LogP contribution in [-0.4, -0.2) is 16.0 Å². The molecule has 0 N–H and O–H groups in total. The van der Waals surface area contributed by atoms with E-state index in [1.165, 1.54) is 6.92 Å². The van der Waals surface area contributed by atoms with Crippen LogP contribution in [0.5, 0.6) is 0 Å². The fraction of sp³-hybridized carbons (Fsp3) is 0.300. The first-order valence-corrected chi connectivity index (χ1v) is 5.16. The molecule has 0 bridgehead atoms. The van der Waals surface area contributed by atoms with E-state index in [2.05, 4.69) is 16.1 Å². The van der Waals surface area contributed by atoms with Gasteiger partial charge in [-0.25, -0.2) is 0 Å². The first kappa shape index (κ1) is 13.0. The molecule has 0 spiro atoms. The summed E-state index contributed by atoms with van der Waals surface area (Å²) >= 11 is 2.64. The number of halogens is 4. The number of amides is 1. The summed E-state index contributed by atoms with van der Waals surface area (Å²) in [5.41, 5.74) is 0.622. The number of carbonyl (C=O) groups excluding carboxylic acids is 1. The molecular formula is C10H9BrF3NO. The largest absolute Gasteiger partial charge is 0.472 e. The molecule has 0 saturated heterocycles. The van der Waals surface area contributed by atoms with Gasteiger partial charge in [0.2, 0.25) is 0 Å². The van der Waals surface area contributed by atoms with Crippen molar-refractivity contribution in [2.45, 2.75) is 19.1 Å². The molecule has 0 aliphatic rings. The first-order valence-electron chi connectivity index (χ1n) is 4.45. The van der Waals surface area contributed by atoms with Gasteiger partial charge in [-0.15, -0.1) is 0 Å². The van der Waals surface area contributed by atoms with Gasteiger partial charge < -0.3 is 0 Å². The molecule has 0 saturated carbocycles. The van der Waals surface area contributed by atoms with E-state index in [-0.39, 0.29) is 0 Å². The Morgan fingerprint density at radius 3 is 2.25 bits per heavy atom. The number of rotatable bonds is 2. The Labute approximate surface area is 99.4 Å². The molecule has 2 nitrogen and oxygen atoms in total. The average Bonchev–Trinajstić information content (AvgIpc) is 2.26. The molecule has 0 unspecified atom stereocenters. The summed E-state index contributed by atoms with van der Waals surface area (Å²) in [6, 6.07) is 7.77. The van der Waals surface area contributed by atoms with Crippen LogP contribution in [0.15, 0.2) is 30.3 Å². The van der Waals surface area contributed by atoms with E-state index in [1.807, 2.05) is 0 Å². The lowest BCUT2D eigenvalue weighted by molar-refractivity contribution is -0.180. The Morgan fingerprint density at radius 1 is 1.31 bits per heavy atom. The normalized spacial score (nSPS) is 13.3. The second-order valence-electron chi connectivity index (χ2n) is 3.20. The van der Waals surface area contributed by atoms with Crippen LogP contribution in [0.25, 0.3) is 0 Å². The van der Waals surface area contributed by atoms with Crippen LogP contribution >= 0.6 is 16.1 Å². The maximum Gasteiger partial charge on any atom is 0.472 e.